The van der Waals surface area contributed by atoms with Gasteiger partial charge in [0.2, 0.25) is 0 Å². The van der Waals surface area contributed by atoms with Crippen LogP contribution in [0.3, 0.4) is 0 Å². The normalized spacial score (nSPS) is 16.2. The van der Waals surface area contributed by atoms with Crippen LogP contribution in [0.15, 0.2) is 206 Å². The maximum Gasteiger partial charge on any atom is 0.131 e. The van der Waals surface area contributed by atoms with Crippen molar-refractivity contribution in [2.24, 2.45) is 0 Å². The van der Waals surface area contributed by atoms with Gasteiger partial charge in [-0.1, -0.05) is 182 Å². The van der Waals surface area contributed by atoms with Gasteiger partial charge in [-0.25, -0.2) is 0 Å². The average molecular weight is 619 g/mol. The lowest BCUT2D eigenvalue weighted by Gasteiger charge is -2.49. The maximum absolute atomic E-state index is 6.88. The highest BCUT2D eigenvalue weighted by atomic mass is 16.5. The van der Waals surface area contributed by atoms with Gasteiger partial charge in [-0.3, -0.25) is 0 Å². The molecule has 0 bridgehead atoms. The third kappa shape index (κ3) is 5.28. The molecule has 0 saturated carbocycles. The van der Waals surface area contributed by atoms with Gasteiger partial charge in [-0.2, -0.15) is 0 Å². The van der Waals surface area contributed by atoms with E-state index in [4.69, 9.17) is 9.47 Å². The molecular weight excluding hydrogens is 585 g/mol. The molecule has 6 aromatic rings. The quantitative estimate of drug-likeness (QED) is 0.177. The van der Waals surface area contributed by atoms with Crippen LogP contribution in [0.1, 0.15) is 33.4 Å². The molecule has 0 N–H and O–H groups in total. The van der Waals surface area contributed by atoms with Crippen molar-refractivity contribution in [3.8, 4) is 0 Å². The van der Waals surface area contributed by atoms with E-state index in [9.17, 15) is 0 Å². The fraction of sp³-hybridized carbons (Fsp3) is 0.0435. The van der Waals surface area contributed by atoms with Gasteiger partial charge in [0.15, 0.2) is 0 Å². The molecule has 230 valence electrons. The van der Waals surface area contributed by atoms with Crippen molar-refractivity contribution in [2.45, 2.75) is 10.8 Å². The van der Waals surface area contributed by atoms with Crippen LogP contribution in [0.2, 0.25) is 0 Å². The molecule has 0 spiro atoms. The third-order valence-corrected chi connectivity index (χ3v) is 9.30. The van der Waals surface area contributed by atoms with Gasteiger partial charge in [0.05, 0.1) is 10.8 Å². The number of hydrogen-bond donors (Lipinski definition) is 0. The summed E-state index contributed by atoms with van der Waals surface area (Å²) in [6, 6.07) is 63.2. The van der Waals surface area contributed by atoms with Crippen LogP contribution in [-0.4, -0.2) is 0 Å². The van der Waals surface area contributed by atoms with Crippen molar-refractivity contribution in [1.82, 2.24) is 0 Å². The minimum atomic E-state index is -0.770. The van der Waals surface area contributed by atoms with Crippen molar-refractivity contribution in [2.75, 3.05) is 0 Å². The van der Waals surface area contributed by atoms with Crippen molar-refractivity contribution >= 4 is 23.0 Å². The highest BCUT2D eigenvalue weighted by molar-refractivity contribution is 5.83. The molecule has 8 rings (SSSR count). The summed E-state index contributed by atoms with van der Waals surface area (Å²) in [4.78, 5) is 0. The summed E-state index contributed by atoms with van der Waals surface area (Å²) in [6.07, 6.45) is 9.28. The van der Waals surface area contributed by atoms with E-state index in [1.807, 2.05) is 24.3 Å². The average Bonchev–Trinajstić information content (AvgIpc) is 3.19. The first-order valence-corrected chi connectivity index (χ1v) is 16.3. The van der Waals surface area contributed by atoms with E-state index in [0.29, 0.717) is 0 Å². The number of benzene rings is 6. The zero-order chi connectivity index (χ0) is 32.2. The first-order chi connectivity index (χ1) is 23.7. The van der Waals surface area contributed by atoms with E-state index in [0.717, 1.165) is 56.4 Å². The highest BCUT2D eigenvalue weighted by Crippen LogP contribution is 2.57. The largest absolute Gasteiger partial charge is 0.457 e. The summed E-state index contributed by atoms with van der Waals surface area (Å²) in [7, 11) is 0. The van der Waals surface area contributed by atoms with Gasteiger partial charge in [0.1, 0.15) is 23.0 Å². The second-order valence-corrected chi connectivity index (χ2v) is 12.2. The molecule has 2 heteroatoms. The maximum atomic E-state index is 6.88. The van der Waals surface area contributed by atoms with Crippen LogP contribution in [-0.2, 0) is 20.3 Å². The Morgan fingerprint density at radius 3 is 0.688 bits per heavy atom. The van der Waals surface area contributed by atoms with E-state index in [-0.39, 0.29) is 0 Å². The molecule has 0 radical (unpaired) electrons. The van der Waals surface area contributed by atoms with Gasteiger partial charge in [0.25, 0.3) is 0 Å². The highest BCUT2D eigenvalue weighted by Gasteiger charge is 2.53. The third-order valence-electron chi connectivity index (χ3n) is 9.30. The monoisotopic (exact) mass is 618 g/mol. The van der Waals surface area contributed by atoms with Crippen LogP contribution in [0, 0.1) is 0 Å². The number of hydrogen-bond acceptors (Lipinski definition) is 2. The van der Waals surface area contributed by atoms with Crippen LogP contribution in [0.25, 0.3) is 23.0 Å². The Morgan fingerprint density at radius 2 is 0.458 bits per heavy atom. The van der Waals surface area contributed by atoms with Crippen LogP contribution < -0.4 is 0 Å². The minimum Gasteiger partial charge on any atom is -0.457 e. The van der Waals surface area contributed by atoms with E-state index < -0.39 is 10.8 Å². The van der Waals surface area contributed by atoms with Crippen molar-refractivity contribution in [1.29, 1.82) is 0 Å². The fourth-order valence-electron chi connectivity index (χ4n) is 6.96. The molecule has 0 amide bonds. The van der Waals surface area contributed by atoms with Crippen LogP contribution in [0.5, 0.6) is 0 Å². The Balaban J connectivity index is 1.54. The summed E-state index contributed by atoms with van der Waals surface area (Å²) in [5.41, 5.74) is 4.76. The van der Waals surface area contributed by atoms with Gasteiger partial charge >= 0.3 is 0 Å². The zero-order valence-electron chi connectivity index (χ0n) is 26.4. The van der Waals surface area contributed by atoms with Gasteiger partial charge in [-0.15, -0.1) is 0 Å². The molecule has 2 aliphatic rings. The molecule has 2 aliphatic heterocycles. The lowest BCUT2D eigenvalue weighted by molar-refractivity contribution is 0.379. The Hall–Kier alpha value is -6.12. The predicted octanol–water partition coefficient (Wildman–Crippen LogP) is 11.1. The van der Waals surface area contributed by atoms with Crippen molar-refractivity contribution in [3.63, 3.8) is 0 Å². The first kappa shape index (κ1) is 29.3. The molecule has 2 nitrogen and oxygen atoms in total. The molecule has 48 heavy (non-hydrogen) atoms. The topological polar surface area (TPSA) is 18.5 Å². The summed E-state index contributed by atoms with van der Waals surface area (Å²) >= 11 is 0. The van der Waals surface area contributed by atoms with E-state index >= 15 is 0 Å². The lowest BCUT2D eigenvalue weighted by Crippen LogP contribution is -2.47. The molecule has 0 fully saturated rings. The lowest BCUT2D eigenvalue weighted by atomic mass is 9.54. The number of ether oxygens (including phenoxy) is 2. The molecule has 0 unspecified atom stereocenters. The molecule has 0 aromatic heterocycles. The summed E-state index contributed by atoms with van der Waals surface area (Å²) < 4.78 is 13.8. The molecule has 2 heterocycles. The van der Waals surface area contributed by atoms with E-state index in [2.05, 4.69) is 182 Å². The van der Waals surface area contributed by atoms with Crippen molar-refractivity contribution < 1.29 is 9.47 Å². The summed E-state index contributed by atoms with van der Waals surface area (Å²) in [5.74, 6) is 3.19. The molecule has 0 atom stereocenters. The van der Waals surface area contributed by atoms with Gasteiger partial charge in [-0.05, 0) is 35.4 Å². The van der Waals surface area contributed by atoms with Crippen LogP contribution in [0.4, 0.5) is 0 Å². The van der Waals surface area contributed by atoms with Crippen LogP contribution >= 0.6 is 0 Å². The minimum absolute atomic E-state index is 0.770. The van der Waals surface area contributed by atoms with Gasteiger partial charge in [0, 0.05) is 22.3 Å². The smallest absolute Gasteiger partial charge is 0.131 e. The standard InChI is InChI=1S/C46H34O2/c1-7-19-35(20-8-1)41-31-45(39-27-15-5-16-28-39,32-42(47-41)36-21-9-2-10-22-36)46(40-29-17-6-18-30-40)33-43(37-23-11-3-12-24-37)48-44(34-46)38-25-13-4-14-26-38/h1-34H. The molecule has 0 aliphatic carbocycles. The first-order valence-electron chi connectivity index (χ1n) is 16.3. The summed E-state index contributed by atoms with van der Waals surface area (Å²) in [6.45, 7) is 0. The summed E-state index contributed by atoms with van der Waals surface area (Å²) in [5, 5.41) is 0. The Kier molecular flexibility index (Phi) is 7.68. The van der Waals surface area contributed by atoms with Gasteiger partial charge < -0.3 is 9.47 Å². The predicted molar refractivity (Wildman–Crippen MR) is 196 cm³/mol. The number of allylic oxidation sites excluding steroid dienone is 4. The second-order valence-electron chi connectivity index (χ2n) is 12.2. The molecule has 0 saturated heterocycles. The second kappa shape index (κ2) is 12.6. The Morgan fingerprint density at radius 1 is 0.250 bits per heavy atom. The zero-order valence-corrected chi connectivity index (χ0v) is 26.4. The number of rotatable bonds is 7. The van der Waals surface area contributed by atoms with E-state index in [1.165, 1.54) is 0 Å². The molecular formula is C46H34O2. The molecule has 6 aromatic carbocycles. The fourth-order valence-corrected chi connectivity index (χ4v) is 6.96. The van der Waals surface area contributed by atoms with E-state index in [1.54, 1.807) is 0 Å². The Labute approximate surface area is 282 Å². The Bertz CT molecular complexity index is 1860. The van der Waals surface area contributed by atoms with Crippen molar-refractivity contribution in [3.05, 3.63) is 240 Å². The SMILES string of the molecule is C1=C(c2ccccc2)OC(c2ccccc2)=CC1(c1ccccc1)C1(c2ccccc2)C=C(c2ccccc2)OC(c2ccccc2)=C1.